The van der Waals surface area contributed by atoms with Gasteiger partial charge in [0.1, 0.15) is 19.0 Å². The van der Waals surface area contributed by atoms with Crippen molar-refractivity contribution < 1.29 is 29.0 Å². The lowest BCUT2D eigenvalue weighted by Gasteiger charge is -2.24. The van der Waals surface area contributed by atoms with Crippen molar-refractivity contribution in [3.63, 3.8) is 0 Å². The van der Waals surface area contributed by atoms with Crippen LogP contribution >= 0.6 is 0 Å². The molecule has 0 unspecified atom stereocenters. The Hall–Kier alpha value is -5.47. The van der Waals surface area contributed by atoms with Gasteiger partial charge < -0.3 is 25.2 Å². The largest absolute Gasteiger partial charge is 0.489 e. The average molecular weight is 703 g/mol. The molecular formula is C44H50N2O6. The van der Waals surface area contributed by atoms with Gasteiger partial charge >= 0.3 is 5.97 Å². The van der Waals surface area contributed by atoms with E-state index in [9.17, 15) is 19.5 Å². The fourth-order valence-corrected chi connectivity index (χ4v) is 5.94. The molecule has 4 atom stereocenters. The molecule has 0 aromatic heterocycles. The summed E-state index contributed by atoms with van der Waals surface area (Å²) >= 11 is 0. The van der Waals surface area contributed by atoms with Crippen molar-refractivity contribution in [2.45, 2.75) is 57.2 Å². The number of aliphatic hydroxyl groups is 1. The highest BCUT2D eigenvalue weighted by Crippen LogP contribution is 2.18. The third kappa shape index (κ3) is 13.7. The molecule has 3 N–H and O–H groups in total. The van der Waals surface area contributed by atoms with Crippen LogP contribution in [-0.2, 0) is 45.0 Å². The number of amides is 2. The average Bonchev–Trinajstić information content (AvgIpc) is 3.17. The molecule has 4 rings (SSSR count). The molecule has 0 aliphatic carbocycles. The van der Waals surface area contributed by atoms with Crippen molar-refractivity contribution in [1.82, 2.24) is 10.6 Å². The molecular weight excluding hydrogens is 652 g/mol. The third-order valence-electron chi connectivity index (χ3n) is 8.70. The number of nitrogens with one attached hydrogen (secondary N) is 2. The second-order valence-electron chi connectivity index (χ2n) is 12.9. The zero-order chi connectivity index (χ0) is 37.0. The van der Waals surface area contributed by atoms with E-state index in [1.807, 2.05) is 115 Å². The van der Waals surface area contributed by atoms with E-state index in [4.69, 9.17) is 9.47 Å². The lowest BCUT2D eigenvalue weighted by molar-refractivity contribution is -0.149. The van der Waals surface area contributed by atoms with Crippen LogP contribution in [0.15, 0.2) is 141 Å². The van der Waals surface area contributed by atoms with Gasteiger partial charge in [-0.05, 0) is 66.5 Å². The molecule has 272 valence electrons. The Kier molecular flexibility index (Phi) is 16.4. The van der Waals surface area contributed by atoms with Gasteiger partial charge in [0, 0.05) is 6.42 Å². The number of ether oxygens (including phenoxy) is 2. The first kappa shape index (κ1) is 39.3. The van der Waals surface area contributed by atoms with Crippen LogP contribution < -0.4 is 15.4 Å². The van der Waals surface area contributed by atoms with E-state index in [0.717, 1.165) is 28.0 Å². The first-order valence-corrected chi connectivity index (χ1v) is 17.8. The molecule has 2 amide bonds. The summed E-state index contributed by atoms with van der Waals surface area (Å²) < 4.78 is 11.7. The normalized spacial score (nSPS) is 13.1. The van der Waals surface area contributed by atoms with Crippen molar-refractivity contribution in [2.24, 2.45) is 11.8 Å². The minimum atomic E-state index is -0.710. The molecule has 0 heterocycles. The first-order chi connectivity index (χ1) is 25.4. The topological polar surface area (TPSA) is 114 Å². The van der Waals surface area contributed by atoms with Crippen molar-refractivity contribution >= 4 is 17.8 Å². The summed E-state index contributed by atoms with van der Waals surface area (Å²) in [6, 6.07) is 35.8. The number of esters is 1. The molecule has 0 aliphatic heterocycles. The first-order valence-electron chi connectivity index (χ1n) is 17.8. The highest BCUT2D eigenvalue weighted by atomic mass is 16.5. The predicted octanol–water partition coefficient (Wildman–Crippen LogP) is 6.57. The van der Waals surface area contributed by atoms with Gasteiger partial charge in [0.05, 0.1) is 30.5 Å². The van der Waals surface area contributed by atoms with Crippen LogP contribution in [0.4, 0.5) is 0 Å². The number of carbonyl (C=O) groups excluding carboxylic acids is 3. The Morgan fingerprint density at radius 2 is 1.15 bits per heavy atom. The summed E-state index contributed by atoms with van der Waals surface area (Å²) in [7, 11) is 0. The SMILES string of the molecule is C=CC[C@H](CC(=O)N[C@H](CO)Cc1ccc(OCc2ccccc2)cc1)C(=O)N[C@H](COC(=O)[C@@H](CC=C)Cc1ccccc1)Cc1ccccc1. The summed E-state index contributed by atoms with van der Waals surface area (Å²) in [5.74, 6) is -1.45. The van der Waals surface area contributed by atoms with Crippen LogP contribution in [0.1, 0.15) is 41.5 Å². The second-order valence-corrected chi connectivity index (χ2v) is 12.9. The molecule has 0 saturated heterocycles. The number of benzene rings is 4. The van der Waals surface area contributed by atoms with Crippen molar-refractivity contribution in [3.05, 3.63) is 163 Å². The maximum atomic E-state index is 13.7. The number of rotatable bonds is 22. The Labute approximate surface area is 307 Å². The van der Waals surface area contributed by atoms with Gasteiger partial charge in [-0.15, -0.1) is 13.2 Å². The fraction of sp³-hybridized carbons (Fsp3) is 0.295. The fourth-order valence-electron chi connectivity index (χ4n) is 5.94. The molecule has 4 aromatic rings. The van der Waals surface area contributed by atoms with Crippen molar-refractivity contribution in [1.29, 1.82) is 0 Å². The molecule has 0 saturated carbocycles. The van der Waals surface area contributed by atoms with Gasteiger partial charge in [0.2, 0.25) is 11.8 Å². The predicted molar refractivity (Wildman–Crippen MR) is 204 cm³/mol. The Balaban J connectivity index is 1.33. The number of hydrogen-bond donors (Lipinski definition) is 3. The highest BCUT2D eigenvalue weighted by Gasteiger charge is 2.27. The molecule has 0 aliphatic rings. The van der Waals surface area contributed by atoms with E-state index in [1.54, 1.807) is 12.2 Å². The van der Waals surface area contributed by atoms with Crippen molar-refractivity contribution in [3.8, 4) is 5.75 Å². The zero-order valence-electron chi connectivity index (χ0n) is 29.7. The third-order valence-corrected chi connectivity index (χ3v) is 8.70. The quantitative estimate of drug-likeness (QED) is 0.0631. The molecule has 0 bridgehead atoms. The van der Waals surface area contributed by atoms with Gasteiger partial charge in [-0.25, -0.2) is 0 Å². The summed E-state index contributed by atoms with van der Waals surface area (Å²) in [5, 5.41) is 16.0. The van der Waals surface area contributed by atoms with Gasteiger partial charge in [-0.1, -0.05) is 115 Å². The number of allylic oxidation sites excluding steroid dienone is 2. The van der Waals surface area contributed by atoms with Gasteiger partial charge in [0.25, 0.3) is 0 Å². The van der Waals surface area contributed by atoms with E-state index in [0.29, 0.717) is 32.3 Å². The molecule has 4 aromatic carbocycles. The highest BCUT2D eigenvalue weighted by molar-refractivity contribution is 5.86. The molecule has 0 fully saturated rings. The molecule has 52 heavy (non-hydrogen) atoms. The summed E-state index contributed by atoms with van der Waals surface area (Å²) in [6.45, 7) is 7.77. The maximum absolute atomic E-state index is 13.7. The summed E-state index contributed by atoms with van der Waals surface area (Å²) in [4.78, 5) is 40.1. The molecule has 8 heteroatoms. The van der Waals surface area contributed by atoms with Crippen LogP contribution in [0.2, 0.25) is 0 Å². The second kappa shape index (κ2) is 21.7. The van der Waals surface area contributed by atoms with E-state index >= 15 is 0 Å². The minimum Gasteiger partial charge on any atom is -0.489 e. The molecule has 8 nitrogen and oxygen atoms in total. The Bertz CT molecular complexity index is 1680. The number of hydrogen-bond acceptors (Lipinski definition) is 6. The maximum Gasteiger partial charge on any atom is 0.309 e. The van der Waals surface area contributed by atoms with Crippen LogP contribution in [-0.4, -0.2) is 48.2 Å². The Morgan fingerprint density at radius 3 is 1.73 bits per heavy atom. The smallest absolute Gasteiger partial charge is 0.309 e. The van der Waals surface area contributed by atoms with Gasteiger partial charge in [0.15, 0.2) is 0 Å². The van der Waals surface area contributed by atoms with E-state index in [-0.39, 0.29) is 43.8 Å². The Morgan fingerprint density at radius 1 is 0.635 bits per heavy atom. The van der Waals surface area contributed by atoms with E-state index < -0.39 is 23.9 Å². The van der Waals surface area contributed by atoms with Gasteiger partial charge in [-0.2, -0.15) is 0 Å². The zero-order valence-corrected chi connectivity index (χ0v) is 29.7. The van der Waals surface area contributed by atoms with Gasteiger partial charge in [-0.3, -0.25) is 14.4 Å². The van der Waals surface area contributed by atoms with E-state index in [2.05, 4.69) is 23.8 Å². The number of carbonyl (C=O) groups is 3. The number of aliphatic hydroxyl groups excluding tert-OH is 1. The lowest BCUT2D eigenvalue weighted by atomic mass is 9.96. The monoisotopic (exact) mass is 702 g/mol. The lowest BCUT2D eigenvalue weighted by Crippen LogP contribution is -2.45. The van der Waals surface area contributed by atoms with Crippen LogP contribution in [0.3, 0.4) is 0 Å². The molecule has 0 spiro atoms. The summed E-state index contributed by atoms with van der Waals surface area (Å²) in [5.41, 5.74) is 3.98. The van der Waals surface area contributed by atoms with E-state index in [1.165, 1.54) is 0 Å². The van der Waals surface area contributed by atoms with Crippen LogP contribution in [0.5, 0.6) is 5.75 Å². The molecule has 0 radical (unpaired) electrons. The standard InChI is InChI=1S/C44H50N2O6/c1-3-14-37(29-42(48)45-39(30-47)27-35-22-24-41(25-23-35)51-31-36-20-12-7-13-21-36)43(49)46-40(28-34-18-10-6-11-19-34)32-52-44(50)38(15-4-2)26-33-16-8-5-9-17-33/h3-13,16-25,37-40,47H,1-2,14-15,26-32H2,(H,45,48)(H,46,49)/t37-,38+,39+,40+/m1/s1. The van der Waals surface area contributed by atoms with Crippen LogP contribution in [0.25, 0.3) is 0 Å². The minimum absolute atomic E-state index is 0.0302. The summed E-state index contributed by atoms with van der Waals surface area (Å²) in [6.07, 6.45) is 5.30. The van der Waals surface area contributed by atoms with Crippen molar-refractivity contribution in [2.75, 3.05) is 13.2 Å². The van der Waals surface area contributed by atoms with Crippen LogP contribution in [0, 0.1) is 11.8 Å².